The van der Waals surface area contributed by atoms with Gasteiger partial charge in [-0.15, -0.1) is 0 Å². The topological polar surface area (TPSA) is 36.4 Å². The minimum atomic E-state index is -0.0675. The smallest absolute Gasteiger partial charge is 0.152 e. The summed E-state index contributed by atoms with van der Waals surface area (Å²) in [5.74, 6) is -0.0675. The molecule has 2 aromatic carbocycles. The highest BCUT2D eigenvalue weighted by Gasteiger charge is 2.12. The van der Waals surface area contributed by atoms with E-state index < -0.39 is 0 Å². The number of halogens is 2. The first-order valence-electron chi connectivity index (χ1n) is 8.44. The van der Waals surface area contributed by atoms with Gasteiger partial charge in [0.05, 0.1) is 10.0 Å². The van der Waals surface area contributed by atoms with Gasteiger partial charge in [-0.1, -0.05) is 53.5 Å². The number of hydrogen-bond acceptors (Lipinski definition) is 3. The molecule has 0 atom stereocenters. The quantitative estimate of drug-likeness (QED) is 0.595. The summed E-state index contributed by atoms with van der Waals surface area (Å²) in [6.45, 7) is 2.38. The Hall–Kier alpha value is -2.07. The molecule has 0 fully saturated rings. The van der Waals surface area contributed by atoms with Crippen LogP contribution >= 0.6 is 23.2 Å². The molecule has 0 aliphatic carbocycles. The Morgan fingerprint density at radius 3 is 2.08 bits per heavy atom. The van der Waals surface area contributed by atoms with E-state index in [1.165, 1.54) is 11.1 Å². The number of benzene rings is 2. The minimum Gasteiger partial charge on any atom is -0.505 e. The molecule has 3 nitrogen and oxygen atoms in total. The fourth-order valence-electron chi connectivity index (χ4n) is 2.86. The van der Waals surface area contributed by atoms with Gasteiger partial charge >= 0.3 is 0 Å². The van der Waals surface area contributed by atoms with Crippen molar-refractivity contribution in [2.75, 3.05) is 6.54 Å². The van der Waals surface area contributed by atoms with Crippen LogP contribution in [-0.4, -0.2) is 21.5 Å². The van der Waals surface area contributed by atoms with Crippen molar-refractivity contribution in [2.45, 2.75) is 19.5 Å². The van der Waals surface area contributed by atoms with Crippen molar-refractivity contribution in [3.8, 4) is 5.75 Å². The number of aromatic hydroxyl groups is 1. The highest BCUT2D eigenvalue weighted by molar-refractivity contribution is 6.37. The summed E-state index contributed by atoms with van der Waals surface area (Å²) < 4.78 is 0. The lowest BCUT2D eigenvalue weighted by atomic mass is 10.1. The summed E-state index contributed by atoms with van der Waals surface area (Å²) in [5.41, 5.74) is 3.47. The van der Waals surface area contributed by atoms with Crippen molar-refractivity contribution < 1.29 is 5.11 Å². The molecule has 5 heteroatoms. The first-order chi connectivity index (χ1) is 12.6. The van der Waals surface area contributed by atoms with Crippen LogP contribution in [0.15, 0.2) is 67.0 Å². The maximum absolute atomic E-state index is 9.77. The van der Waals surface area contributed by atoms with Crippen LogP contribution in [0.2, 0.25) is 10.0 Å². The second-order valence-electron chi connectivity index (χ2n) is 6.21. The van der Waals surface area contributed by atoms with Crippen molar-refractivity contribution in [3.05, 3.63) is 93.7 Å². The van der Waals surface area contributed by atoms with E-state index in [1.54, 1.807) is 24.5 Å². The zero-order chi connectivity index (χ0) is 18.4. The molecule has 0 saturated heterocycles. The normalized spacial score (nSPS) is 11.0. The number of phenols is 1. The molecular weight excluding hydrogens is 367 g/mol. The van der Waals surface area contributed by atoms with Crippen LogP contribution < -0.4 is 0 Å². The fourth-order valence-corrected chi connectivity index (χ4v) is 3.39. The minimum absolute atomic E-state index is 0.0675. The molecule has 1 N–H and O–H groups in total. The molecule has 0 bridgehead atoms. The SMILES string of the molecule is Oc1c(Cl)cc(CN(CCc2ccccc2)Cc2ccncc2)cc1Cl. The molecule has 0 saturated carbocycles. The molecule has 0 radical (unpaired) electrons. The Morgan fingerprint density at radius 1 is 0.808 bits per heavy atom. The van der Waals surface area contributed by atoms with E-state index in [0.717, 1.165) is 25.1 Å². The second kappa shape index (κ2) is 9.04. The summed E-state index contributed by atoms with van der Waals surface area (Å²) in [5, 5.41) is 10.3. The van der Waals surface area contributed by atoms with Crippen molar-refractivity contribution in [1.29, 1.82) is 0 Å². The predicted molar refractivity (Wildman–Crippen MR) is 107 cm³/mol. The number of phenolic OH excluding ortho intramolecular Hbond substituents is 1. The van der Waals surface area contributed by atoms with Gasteiger partial charge in [-0.2, -0.15) is 0 Å². The molecule has 3 rings (SSSR count). The van der Waals surface area contributed by atoms with Crippen molar-refractivity contribution in [3.63, 3.8) is 0 Å². The Balaban J connectivity index is 1.75. The average molecular weight is 387 g/mol. The van der Waals surface area contributed by atoms with E-state index >= 15 is 0 Å². The van der Waals surface area contributed by atoms with Crippen LogP contribution in [-0.2, 0) is 19.5 Å². The Morgan fingerprint density at radius 2 is 1.42 bits per heavy atom. The first kappa shape index (κ1) is 18.7. The van der Waals surface area contributed by atoms with E-state index in [9.17, 15) is 5.11 Å². The lowest BCUT2D eigenvalue weighted by molar-refractivity contribution is 0.260. The third kappa shape index (κ3) is 5.21. The van der Waals surface area contributed by atoms with Crippen molar-refractivity contribution in [1.82, 2.24) is 9.88 Å². The van der Waals surface area contributed by atoms with Gasteiger partial charge < -0.3 is 5.11 Å². The number of nitrogens with zero attached hydrogens (tertiary/aromatic N) is 2. The first-order valence-corrected chi connectivity index (χ1v) is 9.19. The molecule has 0 aliphatic rings. The third-order valence-corrected chi connectivity index (χ3v) is 4.77. The average Bonchev–Trinajstić information content (AvgIpc) is 2.66. The van der Waals surface area contributed by atoms with Crippen LogP contribution in [0.4, 0.5) is 0 Å². The van der Waals surface area contributed by atoms with Crippen LogP contribution in [0.3, 0.4) is 0 Å². The second-order valence-corrected chi connectivity index (χ2v) is 7.02. The van der Waals surface area contributed by atoms with E-state index in [4.69, 9.17) is 23.2 Å². The number of hydrogen-bond donors (Lipinski definition) is 1. The summed E-state index contributed by atoms with van der Waals surface area (Å²) >= 11 is 12.1. The largest absolute Gasteiger partial charge is 0.505 e. The van der Waals surface area contributed by atoms with Gasteiger partial charge in [0, 0.05) is 32.0 Å². The van der Waals surface area contributed by atoms with Crippen LogP contribution in [0.1, 0.15) is 16.7 Å². The summed E-state index contributed by atoms with van der Waals surface area (Å²) in [7, 11) is 0. The van der Waals surface area contributed by atoms with Gasteiger partial charge in [0.2, 0.25) is 0 Å². The fraction of sp³-hybridized carbons (Fsp3) is 0.190. The predicted octanol–water partition coefficient (Wildman–Crippen LogP) is 5.34. The lowest BCUT2D eigenvalue weighted by Crippen LogP contribution is -2.25. The maximum atomic E-state index is 9.77. The van der Waals surface area contributed by atoms with Crippen LogP contribution in [0, 0.1) is 0 Å². The molecule has 0 aliphatic heterocycles. The molecule has 26 heavy (non-hydrogen) atoms. The molecule has 1 aromatic heterocycles. The van der Waals surface area contributed by atoms with E-state index in [-0.39, 0.29) is 15.8 Å². The number of rotatable bonds is 7. The molecule has 0 amide bonds. The molecule has 0 spiro atoms. The Bertz CT molecular complexity index is 818. The summed E-state index contributed by atoms with van der Waals surface area (Å²) in [4.78, 5) is 6.42. The number of aromatic nitrogens is 1. The van der Waals surface area contributed by atoms with Gasteiger partial charge in [-0.05, 0) is 47.4 Å². The third-order valence-electron chi connectivity index (χ3n) is 4.20. The number of pyridine rings is 1. The van der Waals surface area contributed by atoms with Gasteiger partial charge in [0.25, 0.3) is 0 Å². The molecule has 0 unspecified atom stereocenters. The molecule has 134 valence electrons. The van der Waals surface area contributed by atoms with E-state index in [1.807, 2.05) is 18.2 Å². The van der Waals surface area contributed by atoms with E-state index in [2.05, 4.69) is 34.1 Å². The zero-order valence-electron chi connectivity index (χ0n) is 14.3. The zero-order valence-corrected chi connectivity index (χ0v) is 15.8. The van der Waals surface area contributed by atoms with Gasteiger partial charge in [0.15, 0.2) is 5.75 Å². The van der Waals surface area contributed by atoms with Crippen molar-refractivity contribution in [2.24, 2.45) is 0 Å². The van der Waals surface area contributed by atoms with Crippen LogP contribution in [0.25, 0.3) is 0 Å². The highest BCUT2D eigenvalue weighted by Crippen LogP contribution is 2.33. The Labute approximate surface area is 163 Å². The Kier molecular flexibility index (Phi) is 6.51. The van der Waals surface area contributed by atoms with Crippen molar-refractivity contribution >= 4 is 23.2 Å². The maximum Gasteiger partial charge on any atom is 0.152 e. The highest BCUT2D eigenvalue weighted by atomic mass is 35.5. The summed E-state index contributed by atoms with van der Waals surface area (Å²) in [6.07, 6.45) is 4.56. The summed E-state index contributed by atoms with van der Waals surface area (Å²) in [6, 6.07) is 18.0. The van der Waals surface area contributed by atoms with Gasteiger partial charge in [0.1, 0.15) is 0 Å². The lowest BCUT2D eigenvalue weighted by Gasteiger charge is -2.23. The van der Waals surface area contributed by atoms with E-state index in [0.29, 0.717) is 6.54 Å². The monoisotopic (exact) mass is 386 g/mol. The standard InChI is InChI=1S/C21H20Cl2N2O/c22-19-12-18(13-20(23)21(19)26)15-25(14-17-6-9-24-10-7-17)11-8-16-4-2-1-3-5-16/h1-7,9-10,12-13,26H,8,11,14-15H2. The van der Waals surface area contributed by atoms with Gasteiger partial charge in [-0.3, -0.25) is 9.88 Å². The van der Waals surface area contributed by atoms with Gasteiger partial charge in [-0.25, -0.2) is 0 Å². The molecule has 1 heterocycles. The molecule has 3 aromatic rings. The molecular formula is C21H20Cl2N2O. The van der Waals surface area contributed by atoms with Crippen LogP contribution in [0.5, 0.6) is 5.75 Å².